The Kier molecular flexibility index (Phi) is 7.20. The van der Waals surface area contributed by atoms with Gasteiger partial charge in [-0.15, -0.1) is 0 Å². The number of nitriles is 1. The van der Waals surface area contributed by atoms with Crippen molar-refractivity contribution in [2.24, 2.45) is 0 Å². The molecule has 1 aliphatic rings. The molecular weight excluding hydrogens is 487 g/mol. The number of pyridine rings is 1. The predicted octanol–water partition coefficient (Wildman–Crippen LogP) is 4.22. The van der Waals surface area contributed by atoms with Gasteiger partial charge in [-0.05, 0) is 43.3 Å². The van der Waals surface area contributed by atoms with Crippen LogP contribution >= 0.6 is 0 Å². The maximum atomic E-state index is 14.2. The van der Waals surface area contributed by atoms with Gasteiger partial charge in [0.2, 0.25) is 5.88 Å². The van der Waals surface area contributed by atoms with Gasteiger partial charge in [-0.2, -0.15) is 10.2 Å². The number of esters is 1. The minimum atomic E-state index is -0.473. The molecule has 1 atom stereocenters. The average Bonchev–Trinajstić information content (AvgIpc) is 3.39. The van der Waals surface area contributed by atoms with Crippen LogP contribution < -0.4 is 9.64 Å². The van der Waals surface area contributed by atoms with E-state index in [0.717, 1.165) is 48.9 Å². The van der Waals surface area contributed by atoms with E-state index >= 15 is 0 Å². The molecule has 2 aromatic carbocycles. The van der Waals surface area contributed by atoms with Gasteiger partial charge in [0, 0.05) is 37.8 Å². The van der Waals surface area contributed by atoms with Crippen molar-refractivity contribution in [3.05, 3.63) is 82.9 Å². The van der Waals surface area contributed by atoms with E-state index in [1.807, 2.05) is 24.3 Å². The zero-order valence-corrected chi connectivity index (χ0v) is 21.1. The van der Waals surface area contributed by atoms with E-state index in [9.17, 15) is 9.18 Å². The summed E-state index contributed by atoms with van der Waals surface area (Å²) in [6.45, 7) is 5.32. The van der Waals surface area contributed by atoms with E-state index < -0.39 is 5.82 Å². The molecule has 0 saturated carbocycles. The number of imidazole rings is 1. The molecule has 3 heterocycles. The molecule has 0 bridgehead atoms. The van der Waals surface area contributed by atoms with Gasteiger partial charge in [-0.25, -0.2) is 14.2 Å². The van der Waals surface area contributed by atoms with Gasteiger partial charge in [0.25, 0.3) is 0 Å². The fourth-order valence-electron chi connectivity index (χ4n) is 4.53. The van der Waals surface area contributed by atoms with E-state index in [2.05, 4.69) is 26.7 Å². The number of hydrogen-bond donors (Lipinski definition) is 1. The van der Waals surface area contributed by atoms with E-state index in [-0.39, 0.29) is 24.2 Å². The molecule has 38 heavy (non-hydrogen) atoms. The average molecular weight is 515 g/mol. The van der Waals surface area contributed by atoms with Gasteiger partial charge in [-0.3, -0.25) is 4.90 Å². The molecule has 4 aromatic rings. The van der Waals surface area contributed by atoms with Crippen LogP contribution in [-0.2, 0) is 11.3 Å². The number of halogens is 1. The molecule has 1 fully saturated rings. The Morgan fingerprint density at radius 1 is 1.13 bits per heavy atom. The Bertz CT molecular complexity index is 1510. The number of anilines is 1. The lowest BCUT2D eigenvalue weighted by Gasteiger charge is -2.38. The number of aromatic amines is 1. The Morgan fingerprint density at radius 3 is 2.68 bits per heavy atom. The normalized spacial score (nSPS) is 14.7. The van der Waals surface area contributed by atoms with Gasteiger partial charge in [0.05, 0.1) is 41.4 Å². The highest BCUT2D eigenvalue weighted by atomic mass is 19.1. The van der Waals surface area contributed by atoms with Crippen molar-refractivity contribution in [1.82, 2.24) is 19.9 Å². The van der Waals surface area contributed by atoms with E-state index in [1.165, 1.54) is 13.2 Å². The molecule has 9 nitrogen and oxygen atoms in total. The van der Waals surface area contributed by atoms with Crippen molar-refractivity contribution >= 4 is 22.8 Å². The molecule has 1 unspecified atom stereocenters. The van der Waals surface area contributed by atoms with Crippen molar-refractivity contribution in [1.29, 1.82) is 5.26 Å². The van der Waals surface area contributed by atoms with Crippen molar-refractivity contribution < 1.29 is 18.7 Å². The molecule has 1 saturated heterocycles. The smallest absolute Gasteiger partial charge is 0.337 e. The number of rotatable bonds is 7. The second kappa shape index (κ2) is 10.9. The topological polar surface area (TPSA) is 107 Å². The van der Waals surface area contributed by atoms with Gasteiger partial charge in [0.15, 0.2) is 0 Å². The summed E-state index contributed by atoms with van der Waals surface area (Å²) < 4.78 is 24.7. The molecule has 1 aliphatic heterocycles. The van der Waals surface area contributed by atoms with E-state index in [1.54, 1.807) is 30.3 Å². The maximum absolute atomic E-state index is 14.2. The van der Waals surface area contributed by atoms with Crippen LogP contribution in [0.1, 0.15) is 40.3 Å². The van der Waals surface area contributed by atoms with Crippen LogP contribution in [0.3, 0.4) is 0 Å². The van der Waals surface area contributed by atoms with Crippen molar-refractivity contribution in [3.63, 3.8) is 0 Å². The van der Waals surface area contributed by atoms with Crippen LogP contribution in [0, 0.1) is 17.1 Å². The number of H-pyrrole nitrogens is 1. The predicted molar refractivity (Wildman–Crippen MR) is 139 cm³/mol. The number of hydrogen-bond acceptors (Lipinski definition) is 8. The molecule has 0 amide bonds. The Labute approximate surface area is 219 Å². The molecule has 10 heteroatoms. The van der Waals surface area contributed by atoms with Gasteiger partial charge in [-0.1, -0.05) is 12.1 Å². The largest absolute Gasteiger partial charge is 0.473 e. The number of fused-ring (bicyclic) bond motifs is 1. The van der Waals surface area contributed by atoms with Crippen molar-refractivity contribution in [3.8, 4) is 11.9 Å². The number of ether oxygens (including phenoxy) is 2. The SMILES string of the molecule is COC(=O)c1ccc2nc(C(C)N3CCN(c4cccc(OCc5ccc(C#N)cc5F)n4)CC3)[nH]c2c1. The molecule has 0 spiro atoms. The lowest BCUT2D eigenvalue weighted by molar-refractivity contribution is 0.0601. The van der Waals surface area contributed by atoms with Crippen molar-refractivity contribution in [2.45, 2.75) is 19.6 Å². The number of carbonyl (C=O) groups excluding carboxylic acids is 1. The van der Waals surface area contributed by atoms with Crippen LogP contribution in [0.25, 0.3) is 11.0 Å². The zero-order valence-electron chi connectivity index (χ0n) is 21.1. The zero-order chi connectivity index (χ0) is 26.6. The molecule has 0 radical (unpaired) electrons. The Morgan fingerprint density at radius 2 is 1.95 bits per heavy atom. The number of piperazine rings is 1. The number of nitrogens with zero attached hydrogens (tertiary/aromatic N) is 5. The number of aromatic nitrogens is 3. The molecular formula is C28H27FN6O3. The van der Waals surface area contributed by atoms with Crippen LogP contribution in [0.2, 0.25) is 0 Å². The number of benzene rings is 2. The summed E-state index contributed by atoms with van der Waals surface area (Å²) >= 11 is 0. The summed E-state index contributed by atoms with van der Waals surface area (Å²) in [5.74, 6) is 1.21. The van der Waals surface area contributed by atoms with Crippen LogP contribution in [0.15, 0.2) is 54.6 Å². The summed E-state index contributed by atoms with van der Waals surface area (Å²) in [7, 11) is 1.37. The third-order valence-corrected chi connectivity index (χ3v) is 6.77. The Hall–Kier alpha value is -4.49. The van der Waals surface area contributed by atoms with Crippen LogP contribution in [-0.4, -0.2) is 59.1 Å². The first-order valence-electron chi connectivity index (χ1n) is 12.3. The van der Waals surface area contributed by atoms with Crippen LogP contribution in [0.4, 0.5) is 10.2 Å². The lowest BCUT2D eigenvalue weighted by atomic mass is 10.1. The second-order valence-corrected chi connectivity index (χ2v) is 9.09. The highest BCUT2D eigenvalue weighted by Crippen LogP contribution is 2.25. The van der Waals surface area contributed by atoms with Gasteiger partial charge in [0.1, 0.15) is 24.1 Å². The molecule has 2 aromatic heterocycles. The highest BCUT2D eigenvalue weighted by Gasteiger charge is 2.25. The maximum Gasteiger partial charge on any atom is 0.337 e. The quantitative estimate of drug-likeness (QED) is 0.366. The minimum Gasteiger partial charge on any atom is -0.473 e. The summed E-state index contributed by atoms with van der Waals surface area (Å²) in [5, 5.41) is 8.90. The van der Waals surface area contributed by atoms with Crippen molar-refractivity contribution in [2.75, 3.05) is 38.2 Å². The summed E-state index contributed by atoms with van der Waals surface area (Å²) in [4.78, 5) is 29.1. The molecule has 1 N–H and O–H groups in total. The monoisotopic (exact) mass is 514 g/mol. The number of nitrogens with one attached hydrogen (secondary N) is 1. The standard InChI is InChI=1S/C28H27FN6O3/c1-18(27-31-23-9-8-20(28(36)37-2)15-24(23)32-27)34-10-12-35(13-11-34)25-4-3-5-26(33-25)38-17-21-7-6-19(16-30)14-22(21)29/h3-9,14-15,18H,10-13,17H2,1-2H3,(H,31,32). The fourth-order valence-corrected chi connectivity index (χ4v) is 4.53. The summed E-state index contributed by atoms with van der Waals surface area (Å²) in [6, 6.07) is 17.2. The summed E-state index contributed by atoms with van der Waals surface area (Å²) in [6.07, 6.45) is 0. The minimum absolute atomic E-state index is 0.0257. The molecule has 194 valence electrons. The number of methoxy groups -OCH3 is 1. The van der Waals surface area contributed by atoms with Gasteiger partial charge < -0.3 is 19.4 Å². The summed E-state index contributed by atoms with van der Waals surface area (Å²) in [5.41, 5.74) is 2.73. The molecule has 5 rings (SSSR count). The van der Waals surface area contributed by atoms with E-state index in [4.69, 9.17) is 19.7 Å². The highest BCUT2D eigenvalue weighted by molar-refractivity contribution is 5.93. The second-order valence-electron chi connectivity index (χ2n) is 9.09. The first-order chi connectivity index (χ1) is 18.4. The third-order valence-electron chi connectivity index (χ3n) is 6.77. The van der Waals surface area contributed by atoms with E-state index in [0.29, 0.717) is 17.0 Å². The first kappa shape index (κ1) is 25.2. The third kappa shape index (κ3) is 5.28. The number of carbonyl (C=O) groups is 1. The van der Waals surface area contributed by atoms with Crippen LogP contribution in [0.5, 0.6) is 5.88 Å². The fraction of sp³-hybridized carbons (Fsp3) is 0.286. The lowest BCUT2D eigenvalue weighted by Crippen LogP contribution is -2.47. The van der Waals surface area contributed by atoms with Gasteiger partial charge >= 0.3 is 5.97 Å². The first-order valence-corrected chi connectivity index (χ1v) is 12.3. The Balaban J connectivity index is 1.20. The molecule has 0 aliphatic carbocycles.